The van der Waals surface area contributed by atoms with Gasteiger partial charge in [0.2, 0.25) is 5.70 Å². The molecule has 2 aromatic heterocycles. The molecule has 0 spiro atoms. The Labute approximate surface area is 219 Å². The molecular weight excluding hydrogens is 476 g/mol. The van der Waals surface area contributed by atoms with Crippen LogP contribution in [0.5, 0.6) is 0 Å². The maximum Gasteiger partial charge on any atom is 0.264 e. The van der Waals surface area contributed by atoms with Gasteiger partial charge in [-0.15, -0.1) is 15.9 Å². The Hall–Kier alpha value is -3.75. The summed E-state index contributed by atoms with van der Waals surface area (Å²) in [6.45, 7) is 0.922. The van der Waals surface area contributed by atoms with E-state index in [1.807, 2.05) is 30.6 Å². The first kappa shape index (κ1) is 22.4. The molecule has 1 unspecified atom stereocenters. The molecule has 4 aromatic rings. The molecule has 37 heavy (non-hydrogen) atoms. The molecule has 2 aromatic carbocycles. The number of thiophene rings is 1. The lowest BCUT2D eigenvalue weighted by molar-refractivity contribution is -0.750. The fourth-order valence-electron chi connectivity index (χ4n) is 5.40. The first-order valence-electron chi connectivity index (χ1n) is 12.6. The van der Waals surface area contributed by atoms with E-state index in [-0.39, 0.29) is 4.59 Å². The smallest absolute Gasteiger partial charge is 0.264 e. The summed E-state index contributed by atoms with van der Waals surface area (Å²) in [5.41, 5.74) is 5.99. The zero-order valence-electron chi connectivity index (χ0n) is 20.3. The molecule has 4 heterocycles. The standard InChI is InChI=1S/C30H27N6S/c31-36-13-12-32-19-28(36)29(23-15-24(16-23)33-18-25-7-4-14-37-25)35-30(36)22-9-8-21-10-11-26(34-27(21)17-22)20-5-2-1-3-6-20/h1-14,17,19,23-24,33H,15-16,18,31H2/q+1. The van der Waals surface area contributed by atoms with Gasteiger partial charge in [0.25, 0.3) is 5.84 Å². The number of nitrogens with two attached hydrogens (primary N) is 1. The molecule has 6 nitrogen and oxygen atoms in total. The van der Waals surface area contributed by atoms with Crippen molar-refractivity contribution in [3.63, 3.8) is 0 Å². The summed E-state index contributed by atoms with van der Waals surface area (Å²) < 4.78 is 0.0481. The zero-order chi connectivity index (χ0) is 24.8. The number of allylic oxidation sites excluding steroid dienone is 2. The number of amidine groups is 1. The quantitative estimate of drug-likeness (QED) is 0.260. The number of nitrogens with one attached hydrogen (secondary N) is 1. The zero-order valence-corrected chi connectivity index (χ0v) is 21.1. The fourth-order valence-corrected chi connectivity index (χ4v) is 6.05. The van der Waals surface area contributed by atoms with Gasteiger partial charge in [-0.05, 0) is 42.5 Å². The lowest BCUT2D eigenvalue weighted by Crippen LogP contribution is -2.53. The molecule has 7 heteroatoms. The number of nitrogens with zero attached hydrogens (tertiary/aromatic N) is 4. The number of hydrogen-bond donors (Lipinski definition) is 2. The van der Waals surface area contributed by atoms with Gasteiger partial charge < -0.3 is 5.32 Å². The normalized spacial score (nSPS) is 24.3. The van der Waals surface area contributed by atoms with Gasteiger partial charge in [0.15, 0.2) is 0 Å². The summed E-state index contributed by atoms with van der Waals surface area (Å²) in [6, 6.07) is 25.6. The van der Waals surface area contributed by atoms with Gasteiger partial charge in [-0.25, -0.2) is 4.98 Å². The molecule has 1 atom stereocenters. The summed E-state index contributed by atoms with van der Waals surface area (Å²) in [4.78, 5) is 15.9. The Morgan fingerprint density at radius 1 is 0.973 bits per heavy atom. The van der Waals surface area contributed by atoms with Gasteiger partial charge in [0.1, 0.15) is 11.9 Å². The van der Waals surface area contributed by atoms with E-state index in [0.717, 1.165) is 64.3 Å². The average molecular weight is 504 g/mol. The number of aromatic nitrogens is 1. The largest absolute Gasteiger partial charge is 0.309 e. The van der Waals surface area contributed by atoms with Gasteiger partial charge in [0.05, 0.1) is 29.2 Å². The number of rotatable bonds is 6. The van der Waals surface area contributed by atoms with Crippen molar-refractivity contribution >= 4 is 34.3 Å². The lowest BCUT2D eigenvalue weighted by Gasteiger charge is -2.35. The van der Waals surface area contributed by atoms with Crippen molar-refractivity contribution in [2.75, 3.05) is 0 Å². The topological polar surface area (TPSA) is 75.7 Å². The van der Waals surface area contributed by atoms with Crippen molar-refractivity contribution in [1.82, 2.24) is 10.3 Å². The van der Waals surface area contributed by atoms with Crippen LogP contribution in [0.2, 0.25) is 0 Å². The van der Waals surface area contributed by atoms with E-state index in [9.17, 15) is 0 Å². The molecule has 3 N–H and O–H groups in total. The number of aliphatic imine (C=N–C) groups is 2. The number of hydrogen-bond acceptors (Lipinski definition) is 6. The van der Waals surface area contributed by atoms with Crippen molar-refractivity contribution in [2.24, 2.45) is 21.7 Å². The highest BCUT2D eigenvalue weighted by molar-refractivity contribution is 7.09. The van der Waals surface area contributed by atoms with Crippen LogP contribution in [0.4, 0.5) is 0 Å². The molecule has 3 aliphatic rings. The fraction of sp³-hybridized carbons (Fsp3) is 0.167. The van der Waals surface area contributed by atoms with Crippen molar-refractivity contribution in [3.05, 3.63) is 112 Å². The predicted molar refractivity (Wildman–Crippen MR) is 150 cm³/mol. The number of fused-ring (bicyclic) bond motifs is 2. The average Bonchev–Trinajstić information content (AvgIpc) is 3.54. The number of benzene rings is 2. The second kappa shape index (κ2) is 8.97. The summed E-state index contributed by atoms with van der Waals surface area (Å²) in [5.74, 6) is 8.19. The second-order valence-corrected chi connectivity index (χ2v) is 10.9. The molecule has 1 aliphatic carbocycles. The van der Waals surface area contributed by atoms with Gasteiger partial charge >= 0.3 is 0 Å². The third-order valence-corrected chi connectivity index (χ3v) is 8.39. The van der Waals surface area contributed by atoms with E-state index in [1.165, 1.54) is 4.88 Å². The minimum absolute atomic E-state index is 0.0481. The number of quaternary nitrogens is 1. The van der Waals surface area contributed by atoms with E-state index < -0.39 is 0 Å². The highest BCUT2D eigenvalue weighted by Crippen LogP contribution is 2.42. The van der Waals surface area contributed by atoms with Crippen molar-refractivity contribution in [1.29, 1.82) is 0 Å². The summed E-state index contributed by atoms with van der Waals surface area (Å²) in [5, 5.41) is 6.90. The Balaban J connectivity index is 1.18. The maximum absolute atomic E-state index is 7.01. The van der Waals surface area contributed by atoms with Gasteiger partial charge in [-0.3, -0.25) is 4.99 Å². The SMILES string of the molecule is N[N+]12C=CN=CC1=C(C1CC(NCc3cccs3)C1)N=C2c1ccc2ccc(-c3ccccc3)nc2c1. The van der Waals surface area contributed by atoms with Gasteiger partial charge in [-0.2, -0.15) is 10.8 Å². The van der Waals surface area contributed by atoms with E-state index in [2.05, 4.69) is 70.3 Å². The van der Waals surface area contributed by atoms with Crippen molar-refractivity contribution in [3.8, 4) is 11.3 Å². The minimum Gasteiger partial charge on any atom is -0.309 e. The summed E-state index contributed by atoms with van der Waals surface area (Å²) in [6.07, 6.45) is 7.67. The van der Waals surface area contributed by atoms with Gasteiger partial charge in [0, 0.05) is 34.3 Å². The van der Waals surface area contributed by atoms with Crippen LogP contribution in [0.25, 0.3) is 22.2 Å². The third-order valence-electron chi connectivity index (χ3n) is 7.51. The molecule has 0 radical (unpaired) electrons. The van der Waals surface area contributed by atoms with Crippen LogP contribution >= 0.6 is 11.3 Å². The molecule has 7 rings (SSSR count). The predicted octanol–water partition coefficient (Wildman–Crippen LogP) is 5.75. The van der Waals surface area contributed by atoms with E-state index in [0.29, 0.717) is 12.0 Å². The Bertz CT molecular complexity index is 1600. The first-order valence-corrected chi connectivity index (χ1v) is 13.5. The molecular formula is C30H27N6S+. The molecule has 0 saturated heterocycles. The van der Waals surface area contributed by atoms with Gasteiger partial charge in [-0.1, -0.05) is 48.5 Å². The van der Waals surface area contributed by atoms with Crippen molar-refractivity contribution < 1.29 is 4.59 Å². The highest BCUT2D eigenvalue weighted by atomic mass is 32.1. The summed E-state index contributed by atoms with van der Waals surface area (Å²) in [7, 11) is 0. The summed E-state index contributed by atoms with van der Waals surface area (Å²) >= 11 is 1.80. The Morgan fingerprint density at radius 3 is 2.68 bits per heavy atom. The Kier molecular flexibility index (Phi) is 5.44. The molecule has 0 bridgehead atoms. The third kappa shape index (κ3) is 3.97. The van der Waals surface area contributed by atoms with Crippen molar-refractivity contribution in [2.45, 2.75) is 25.4 Å². The highest BCUT2D eigenvalue weighted by Gasteiger charge is 2.48. The Morgan fingerprint density at radius 2 is 1.84 bits per heavy atom. The minimum atomic E-state index is 0.0481. The van der Waals surface area contributed by atoms with Crippen LogP contribution in [0.3, 0.4) is 0 Å². The molecule has 1 fully saturated rings. The van der Waals surface area contributed by atoms with E-state index >= 15 is 0 Å². The monoisotopic (exact) mass is 503 g/mol. The van der Waals surface area contributed by atoms with Crippen LogP contribution in [0.15, 0.2) is 112 Å². The van der Waals surface area contributed by atoms with E-state index in [1.54, 1.807) is 17.5 Å². The lowest BCUT2D eigenvalue weighted by atomic mass is 9.77. The molecule has 2 aliphatic heterocycles. The molecule has 182 valence electrons. The van der Waals surface area contributed by atoms with E-state index in [4.69, 9.17) is 15.8 Å². The second-order valence-electron chi connectivity index (χ2n) is 9.85. The van der Waals surface area contributed by atoms with Crippen LogP contribution in [-0.2, 0) is 6.54 Å². The van der Waals surface area contributed by atoms with Crippen LogP contribution in [0.1, 0.15) is 23.3 Å². The van der Waals surface area contributed by atoms with Crippen LogP contribution < -0.4 is 11.2 Å². The first-order chi connectivity index (χ1) is 18.2. The number of pyridine rings is 1. The van der Waals surface area contributed by atoms with Crippen LogP contribution in [-0.4, -0.2) is 27.7 Å². The molecule has 1 saturated carbocycles. The maximum atomic E-state index is 7.01. The van der Waals surface area contributed by atoms with Crippen LogP contribution in [0, 0.1) is 5.92 Å². The molecule has 0 amide bonds.